The summed E-state index contributed by atoms with van der Waals surface area (Å²) in [5, 5.41) is 4.79. The van der Waals surface area contributed by atoms with E-state index < -0.39 is 0 Å². The lowest BCUT2D eigenvalue weighted by molar-refractivity contribution is 0.112. The van der Waals surface area contributed by atoms with E-state index in [9.17, 15) is 4.79 Å². The normalized spacial score (nSPS) is 15.7. The Morgan fingerprint density at radius 3 is 2.72 bits per heavy atom. The van der Waals surface area contributed by atoms with Crippen molar-refractivity contribution in [1.82, 2.24) is 0 Å². The Bertz CT molecular complexity index is 838. The van der Waals surface area contributed by atoms with Crippen LogP contribution >= 0.6 is 0 Å². The second kappa shape index (κ2) is 3.42. The van der Waals surface area contributed by atoms with Crippen LogP contribution in [-0.4, -0.2) is 6.29 Å². The summed E-state index contributed by atoms with van der Waals surface area (Å²) in [4.78, 5) is 11.5. The fourth-order valence-corrected chi connectivity index (χ4v) is 3.26. The minimum Gasteiger partial charge on any atom is -0.298 e. The standard InChI is InChI=1S/C17H12O/c18-10-16-13-6-2-1-5-12(13)14-7-3-4-11-8-9-15(16)17(11)14/h1-6,9-10H,7-8H2. The number of benzene rings is 2. The zero-order chi connectivity index (χ0) is 12.1. The number of carbonyl (C=O) groups is 1. The predicted molar refractivity (Wildman–Crippen MR) is 73.9 cm³/mol. The molecule has 0 unspecified atom stereocenters. The van der Waals surface area contributed by atoms with Crippen LogP contribution in [0.1, 0.15) is 22.3 Å². The van der Waals surface area contributed by atoms with Gasteiger partial charge in [0.25, 0.3) is 0 Å². The molecule has 0 N–H and O–H groups in total. The van der Waals surface area contributed by atoms with Gasteiger partial charge in [0.2, 0.25) is 0 Å². The van der Waals surface area contributed by atoms with Crippen molar-refractivity contribution in [3.63, 3.8) is 0 Å². The highest BCUT2D eigenvalue weighted by molar-refractivity contribution is 6.01. The first-order valence-corrected chi connectivity index (χ1v) is 6.29. The van der Waals surface area contributed by atoms with E-state index in [1.54, 1.807) is 0 Å². The molecular formula is C17H12O. The van der Waals surface area contributed by atoms with Gasteiger partial charge in [0.05, 0.1) is 0 Å². The summed E-state index contributed by atoms with van der Waals surface area (Å²) in [6.07, 6.45) is 9.57. The molecule has 2 aromatic carbocycles. The molecule has 0 fully saturated rings. The van der Waals surface area contributed by atoms with Gasteiger partial charge in [0.1, 0.15) is 0 Å². The third-order valence-electron chi connectivity index (χ3n) is 4.01. The van der Waals surface area contributed by atoms with Gasteiger partial charge in [-0.1, -0.05) is 42.5 Å². The molecule has 0 radical (unpaired) electrons. The van der Waals surface area contributed by atoms with Crippen LogP contribution in [0.3, 0.4) is 0 Å². The Morgan fingerprint density at radius 1 is 1.06 bits per heavy atom. The number of aldehydes is 1. The number of rotatable bonds is 1. The molecule has 2 aliphatic rings. The van der Waals surface area contributed by atoms with Gasteiger partial charge in [-0.3, -0.25) is 4.79 Å². The minimum atomic E-state index is 0.856. The molecule has 0 saturated carbocycles. The van der Waals surface area contributed by atoms with E-state index >= 15 is 0 Å². The number of allylic oxidation sites excluding steroid dienone is 2. The molecule has 2 aromatic rings. The number of carbonyl (C=O) groups excluding carboxylic acids is 1. The quantitative estimate of drug-likeness (QED) is 0.688. The average molecular weight is 232 g/mol. The largest absolute Gasteiger partial charge is 0.298 e. The molecule has 4 rings (SSSR count). The lowest BCUT2D eigenvalue weighted by Gasteiger charge is -2.12. The molecule has 0 heterocycles. The van der Waals surface area contributed by atoms with Crippen LogP contribution < -0.4 is 10.4 Å². The topological polar surface area (TPSA) is 17.1 Å². The van der Waals surface area contributed by atoms with Crippen molar-refractivity contribution in [2.24, 2.45) is 0 Å². The molecule has 86 valence electrons. The third kappa shape index (κ3) is 1.09. The van der Waals surface area contributed by atoms with E-state index in [1.807, 2.05) is 6.07 Å². The van der Waals surface area contributed by atoms with Gasteiger partial charge in [-0.15, -0.1) is 0 Å². The van der Waals surface area contributed by atoms with Gasteiger partial charge in [0, 0.05) is 5.56 Å². The number of hydrogen-bond acceptors (Lipinski definition) is 1. The van der Waals surface area contributed by atoms with Crippen molar-refractivity contribution >= 4 is 28.7 Å². The van der Waals surface area contributed by atoms with Gasteiger partial charge in [-0.2, -0.15) is 0 Å². The first-order chi connectivity index (χ1) is 8.90. The van der Waals surface area contributed by atoms with Crippen molar-refractivity contribution in [1.29, 1.82) is 0 Å². The highest BCUT2D eigenvalue weighted by Gasteiger charge is 2.17. The Morgan fingerprint density at radius 2 is 1.89 bits per heavy atom. The Labute approximate surface area is 105 Å². The Kier molecular flexibility index (Phi) is 1.87. The fraction of sp³-hybridized carbons (Fsp3) is 0.118. The maximum Gasteiger partial charge on any atom is 0.151 e. The van der Waals surface area contributed by atoms with Crippen molar-refractivity contribution < 1.29 is 4.79 Å². The molecule has 1 heteroatoms. The monoisotopic (exact) mass is 232 g/mol. The third-order valence-corrected chi connectivity index (χ3v) is 4.01. The van der Waals surface area contributed by atoms with Crippen LogP contribution in [0.2, 0.25) is 0 Å². The molecule has 0 spiro atoms. The smallest absolute Gasteiger partial charge is 0.151 e. The van der Waals surface area contributed by atoms with E-state index in [1.165, 1.54) is 21.7 Å². The van der Waals surface area contributed by atoms with Crippen LogP contribution in [0, 0.1) is 0 Å². The highest BCUT2D eigenvalue weighted by Crippen LogP contribution is 2.23. The molecule has 0 saturated heterocycles. The van der Waals surface area contributed by atoms with Gasteiger partial charge in [-0.05, 0) is 45.2 Å². The first-order valence-electron chi connectivity index (χ1n) is 6.29. The molecule has 0 amide bonds. The summed E-state index contributed by atoms with van der Waals surface area (Å²) in [6.45, 7) is 0. The SMILES string of the molecule is O=Cc1c2c3c(c4ccccc14)CC=CC=3CC=2. The van der Waals surface area contributed by atoms with Gasteiger partial charge in [-0.25, -0.2) is 0 Å². The van der Waals surface area contributed by atoms with Crippen molar-refractivity contribution in [2.75, 3.05) is 0 Å². The second-order valence-electron chi connectivity index (χ2n) is 4.88. The Hall–Kier alpha value is -2.15. The van der Waals surface area contributed by atoms with Crippen LogP contribution in [0.4, 0.5) is 0 Å². The lowest BCUT2D eigenvalue weighted by Crippen LogP contribution is -2.32. The molecule has 0 aliphatic heterocycles. The molecule has 0 atom stereocenters. The lowest BCUT2D eigenvalue weighted by atomic mass is 9.91. The summed E-state index contributed by atoms with van der Waals surface area (Å²) < 4.78 is 0. The van der Waals surface area contributed by atoms with Crippen LogP contribution in [-0.2, 0) is 6.42 Å². The fourth-order valence-electron chi connectivity index (χ4n) is 3.26. The maximum atomic E-state index is 11.5. The number of fused-ring (bicyclic) bond motifs is 2. The van der Waals surface area contributed by atoms with Gasteiger partial charge >= 0.3 is 0 Å². The van der Waals surface area contributed by atoms with Crippen molar-refractivity contribution in [3.8, 4) is 0 Å². The molecule has 18 heavy (non-hydrogen) atoms. The summed E-state index contributed by atoms with van der Waals surface area (Å²) in [5.74, 6) is 0. The minimum absolute atomic E-state index is 0.856. The van der Waals surface area contributed by atoms with Crippen LogP contribution in [0.15, 0.2) is 36.4 Å². The highest BCUT2D eigenvalue weighted by atomic mass is 16.1. The molecule has 1 nitrogen and oxygen atoms in total. The number of hydrogen-bond donors (Lipinski definition) is 0. The summed E-state index contributed by atoms with van der Waals surface area (Å²) in [6, 6.07) is 8.25. The van der Waals surface area contributed by atoms with Crippen LogP contribution in [0.25, 0.3) is 22.4 Å². The summed E-state index contributed by atoms with van der Waals surface area (Å²) in [7, 11) is 0. The average Bonchev–Trinajstić information content (AvgIpc) is 2.85. The zero-order valence-corrected chi connectivity index (χ0v) is 9.94. The first kappa shape index (κ1) is 9.84. The second-order valence-corrected chi connectivity index (χ2v) is 4.88. The van der Waals surface area contributed by atoms with E-state index in [2.05, 4.69) is 36.4 Å². The van der Waals surface area contributed by atoms with Crippen LogP contribution in [0.5, 0.6) is 0 Å². The van der Waals surface area contributed by atoms with E-state index in [4.69, 9.17) is 0 Å². The van der Waals surface area contributed by atoms with Gasteiger partial charge in [0.15, 0.2) is 6.29 Å². The van der Waals surface area contributed by atoms with E-state index in [0.29, 0.717) is 0 Å². The molecule has 2 aliphatic carbocycles. The predicted octanol–water partition coefficient (Wildman–Crippen LogP) is 2.10. The van der Waals surface area contributed by atoms with Crippen molar-refractivity contribution in [3.05, 3.63) is 58.0 Å². The Balaban J connectivity index is 2.40. The summed E-state index contributed by atoms with van der Waals surface area (Å²) >= 11 is 0. The van der Waals surface area contributed by atoms with Crippen molar-refractivity contribution in [2.45, 2.75) is 12.8 Å². The molecule has 0 aromatic heterocycles. The zero-order valence-electron chi connectivity index (χ0n) is 9.94. The maximum absolute atomic E-state index is 11.5. The molecular weight excluding hydrogens is 220 g/mol. The van der Waals surface area contributed by atoms with E-state index in [0.717, 1.165) is 35.3 Å². The summed E-state index contributed by atoms with van der Waals surface area (Å²) in [5.41, 5.74) is 3.60. The van der Waals surface area contributed by atoms with Gasteiger partial charge < -0.3 is 0 Å². The van der Waals surface area contributed by atoms with E-state index in [-0.39, 0.29) is 0 Å². The molecule has 0 bridgehead atoms.